The molecule has 9 heteroatoms. The van der Waals surface area contributed by atoms with Gasteiger partial charge < -0.3 is 24.4 Å². The van der Waals surface area contributed by atoms with Crippen molar-refractivity contribution in [2.24, 2.45) is 0 Å². The van der Waals surface area contributed by atoms with E-state index >= 15 is 0 Å². The van der Waals surface area contributed by atoms with Crippen LogP contribution >= 0.6 is 11.6 Å². The number of hydrogen-bond acceptors (Lipinski definition) is 7. The normalized spacial score (nSPS) is 11.1. The molecular weight excluding hydrogens is 394 g/mol. The van der Waals surface area contributed by atoms with E-state index in [1.165, 1.54) is 0 Å². The minimum absolute atomic E-state index is 0.552. The van der Waals surface area contributed by atoms with Gasteiger partial charge in [0.1, 0.15) is 17.4 Å². The summed E-state index contributed by atoms with van der Waals surface area (Å²) >= 11 is 6.42. The van der Waals surface area contributed by atoms with Crippen molar-refractivity contribution in [1.29, 1.82) is 0 Å². The lowest BCUT2D eigenvalue weighted by Crippen LogP contribution is -2.33. The van der Waals surface area contributed by atoms with Crippen molar-refractivity contribution >= 4 is 34.6 Å². The summed E-state index contributed by atoms with van der Waals surface area (Å²) in [4.78, 5) is 6.91. The molecule has 1 N–H and O–H groups in total. The minimum atomic E-state index is 0.552. The summed E-state index contributed by atoms with van der Waals surface area (Å²) in [6.45, 7) is 4.57. The van der Waals surface area contributed by atoms with Crippen LogP contribution in [0.2, 0.25) is 5.02 Å². The maximum atomic E-state index is 6.42. The van der Waals surface area contributed by atoms with Crippen molar-refractivity contribution in [3.63, 3.8) is 0 Å². The van der Waals surface area contributed by atoms with Crippen LogP contribution in [0.1, 0.15) is 5.56 Å². The highest BCUT2D eigenvalue weighted by molar-refractivity contribution is 6.33. The van der Waals surface area contributed by atoms with Gasteiger partial charge >= 0.3 is 0 Å². The highest BCUT2D eigenvalue weighted by atomic mass is 35.5. The standard InChI is InChI=1S/C20H26ClN5O3/c1-14-19(23-17-6-5-15(29-4)13-16(17)21)24-18-7-8-22-26(18)20(14)25(9-11-27-2)10-12-28-3/h5-8,13H,9-12H2,1-4H3,(H,23,24). The van der Waals surface area contributed by atoms with Crippen molar-refractivity contribution in [3.05, 3.63) is 41.0 Å². The number of halogens is 1. The summed E-state index contributed by atoms with van der Waals surface area (Å²) < 4.78 is 17.7. The van der Waals surface area contributed by atoms with E-state index in [9.17, 15) is 0 Å². The maximum absolute atomic E-state index is 6.42. The van der Waals surface area contributed by atoms with Gasteiger partial charge in [0.2, 0.25) is 0 Å². The van der Waals surface area contributed by atoms with Gasteiger partial charge in [-0.05, 0) is 19.1 Å². The third kappa shape index (κ3) is 4.72. The zero-order valence-electron chi connectivity index (χ0n) is 17.1. The Balaban J connectivity index is 2.04. The highest BCUT2D eigenvalue weighted by Crippen LogP contribution is 2.32. The molecule has 0 saturated carbocycles. The molecule has 1 aromatic carbocycles. The first kappa shape index (κ1) is 21.2. The summed E-state index contributed by atoms with van der Waals surface area (Å²) in [6, 6.07) is 7.36. The summed E-state index contributed by atoms with van der Waals surface area (Å²) in [5, 5.41) is 8.37. The summed E-state index contributed by atoms with van der Waals surface area (Å²) in [5.41, 5.74) is 2.43. The molecule has 2 aromatic heterocycles. The number of methoxy groups -OCH3 is 3. The molecule has 0 saturated heterocycles. The van der Waals surface area contributed by atoms with E-state index in [1.54, 1.807) is 33.6 Å². The van der Waals surface area contributed by atoms with Crippen LogP contribution < -0.4 is 15.0 Å². The molecule has 0 aliphatic heterocycles. The lowest BCUT2D eigenvalue weighted by Gasteiger charge is -2.27. The van der Waals surface area contributed by atoms with Crippen LogP contribution in [0.4, 0.5) is 17.3 Å². The Morgan fingerprint density at radius 3 is 2.45 bits per heavy atom. The van der Waals surface area contributed by atoms with E-state index in [2.05, 4.69) is 15.3 Å². The van der Waals surface area contributed by atoms with Crippen molar-refractivity contribution in [2.45, 2.75) is 6.92 Å². The zero-order chi connectivity index (χ0) is 20.8. The Hall–Kier alpha value is -2.55. The van der Waals surface area contributed by atoms with Gasteiger partial charge in [0.05, 0.1) is 37.2 Å². The van der Waals surface area contributed by atoms with E-state index < -0.39 is 0 Å². The number of anilines is 3. The van der Waals surface area contributed by atoms with Crippen LogP contribution in [-0.4, -0.2) is 62.2 Å². The fraction of sp³-hybridized carbons (Fsp3) is 0.400. The van der Waals surface area contributed by atoms with Gasteiger partial charge in [-0.3, -0.25) is 0 Å². The molecule has 0 spiro atoms. The molecule has 0 atom stereocenters. The average molecular weight is 420 g/mol. The van der Waals surface area contributed by atoms with E-state index in [1.807, 2.05) is 29.6 Å². The molecule has 156 valence electrons. The first-order valence-electron chi connectivity index (χ1n) is 9.26. The van der Waals surface area contributed by atoms with Crippen LogP contribution in [0.3, 0.4) is 0 Å². The average Bonchev–Trinajstić information content (AvgIpc) is 3.18. The highest BCUT2D eigenvalue weighted by Gasteiger charge is 2.19. The van der Waals surface area contributed by atoms with Crippen LogP contribution in [0.25, 0.3) is 5.65 Å². The second kappa shape index (κ2) is 9.78. The molecule has 0 amide bonds. The molecular formula is C20H26ClN5O3. The number of ether oxygens (including phenoxy) is 3. The van der Waals surface area contributed by atoms with Crippen LogP contribution in [-0.2, 0) is 9.47 Å². The van der Waals surface area contributed by atoms with Crippen molar-refractivity contribution in [2.75, 3.05) is 57.8 Å². The molecule has 3 rings (SSSR count). The van der Waals surface area contributed by atoms with Gasteiger partial charge in [0, 0.05) is 45.0 Å². The molecule has 0 aliphatic rings. The first-order valence-corrected chi connectivity index (χ1v) is 9.64. The predicted octanol–water partition coefficient (Wildman–Crippen LogP) is 3.54. The number of fused-ring (bicyclic) bond motifs is 1. The molecule has 3 aromatic rings. The second-order valence-corrected chi connectivity index (χ2v) is 6.86. The van der Waals surface area contributed by atoms with Crippen LogP contribution in [0.5, 0.6) is 5.75 Å². The zero-order valence-corrected chi connectivity index (χ0v) is 17.9. The molecule has 0 fully saturated rings. The molecule has 0 aliphatic carbocycles. The summed E-state index contributed by atoms with van der Waals surface area (Å²) in [5.74, 6) is 2.34. The van der Waals surface area contributed by atoms with Crippen molar-refractivity contribution in [3.8, 4) is 5.75 Å². The second-order valence-electron chi connectivity index (χ2n) is 6.45. The predicted molar refractivity (Wildman–Crippen MR) is 115 cm³/mol. The molecule has 29 heavy (non-hydrogen) atoms. The van der Waals surface area contributed by atoms with E-state index in [4.69, 9.17) is 30.8 Å². The Labute approximate surface area is 175 Å². The number of nitrogens with zero attached hydrogens (tertiary/aromatic N) is 4. The quantitative estimate of drug-likeness (QED) is 0.538. The number of benzene rings is 1. The topological polar surface area (TPSA) is 73.2 Å². The van der Waals surface area contributed by atoms with E-state index in [-0.39, 0.29) is 0 Å². The van der Waals surface area contributed by atoms with Crippen LogP contribution in [0.15, 0.2) is 30.5 Å². The first-order chi connectivity index (χ1) is 14.1. The summed E-state index contributed by atoms with van der Waals surface area (Å²) in [6.07, 6.45) is 1.74. The Morgan fingerprint density at radius 2 is 1.83 bits per heavy atom. The Kier molecular flexibility index (Phi) is 7.13. The van der Waals surface area contributed by atoms with Gasteiger partial charge in [-0.1, -0.05) is 11.6 Å². The van der Waals surface area contributed by atoms with Crippen molar-refractivity contribution < 1.29 is 14.2 Å². The van der Waals surface area contributed by atoms with Gasteiger partial charge in [-0.2, -0.15) is 9.61 Å². The molecule has 0 radical (unpaired) electrons. The lowest BCUT2D eigenvalue weighted by molar-refractivity contribution is 0.189. The minimum Gasteiger partial charge on any atom is -0.497 e. The fourth-order valence-corrected chi connectivity index (χ4v) is 3.30. The lowest BCUT2D eigenvalue weighted by atomic mass is 10.2. The summed E-state index contributed by atoms with van der Waals surface area (Å²) in [7, 11) is 4.99. The maximum Gasteiger partial charge on any atom is 0.159 e. The van der Waals surface area contributed by atoms with Crippen LogP contribution in [0, 0.1) is 6.92 Å². The van der Waals surface area contributed by atoms with Gasteiger partial charge in [-0.25, -0.2) is 4.98 Å². The fourth-order valence-electron chi connectivity index (χ4n) is 3.08. The van der Waals surface area contributed by atoms with Gasteiger partial charge in [-0.15, -0.1) is 0 Å². The molecule has 0 bridgehead atoms. The number of rotatable bonds is 10. The molecule has 2 heterocycles. The molecule has 8 nitrogen and oxygen atoms in total. The largest absolute Gasteiger partial charge is 0.497 e. The third-order valence-corrected chi connectivity index (χ3v) is 4.91. The van der Waals surface area contributed by atoms with E-state index in [0.29, 0.717) is 42.9 Å². The number of aromatic nitrogens is 3. The van der Waals surface area contributed by atoms with Crippen molar-refractivity contribution in [1.82, 2.24) is 14.6 Å². The monoisotopic (exact) mass is 419 g/mol. The van der Waals surface area contributed by atoms with E-state index in [0.717, 1.165) is 22.7 Å². The number of nitrogens with one attached hydrogen (secondary N) is 1. The smallest absolute Gasteiger partial charge is 0.159 e. The number of hydrogen-bond donors (Lipinski definition) is 1. The third-order valence-electron chi connectivity index (χ3n) is 4.60. The SMILES string of the molecule is COCCN(CCOC)c1c(C)c(Nc2ccc(OC)cc2Cl)nc2ccnn12. The van der Waals surface area contributed by atoms with Gasteiger partial charge in [0.15, 0.2) is 5.65 Å². The Bertz CT molecular complexity index is 955. The van der Waals surface area contributed by atoms with Gasteiger partial charge in [0.25, 0.3) is 0 Å². The molecule has 0 unspecified atom stereocenters. The Morgan fingerprint density at radius 1 is 1.10 bits per heavy atom.